The zero-order chi connectivity index (χ0) is 24.6. The minimum Gasteiger partial charge on any atom is -0.373 e. The van der Waals surface area contributed by atoms with Crippen LogP contribution in [0.1, 0.15) is 32.4 Å². The predicted molar refractivity (Wildman–Crippen MR) is 133 cm³/mol. The lowest BCUT2D eigenvalue weighted by Gasteiger charge is -2.30. The second kappa shape index (κ2) is 9.47. The Morgan fingerprint density at radius 2 is 2.11 bits per heavy atom. The first kappa shape index (κ1) is 23.6. The van der Waals surface area contributed by atoms with E-state index in [9.17, 15) is 14.7 Å². The number of likely N-dealkylation sites (N-methyl/N-ethyl adjacent to an activating group) is 1. The molecule has 1 fully saturated rings. The van der Waals surface area contributed by atoms with Crippen molar-refractivity contribution in [2.75, 3.05) is 30.9 Å². The summed E-state index contributed by atoms with van der Waals surface area (Å²) in [6.45, 7) is 2.36. The van der Waals surface area contributed by atoms with Gasteiger partial charge in [-0.3, -0.25) is 9.59 Å². The molecule has 35 heavy (non-hydrogen) atoms. The summed E-state index contributed by atoms with van der Waals surface area (Å²) < 4.78 is 5.04. The Bertz CT molecular complexity index is 1340. The largest absolute Gasteiger partial charge is 0.373 e. The van der Waals surface area contributed by atoms with Crippen molar-refractivity contribution < 1.29 is 19.4 Å². The van der Waals surface area contributed by atoms with Crippen molar-refractivity contribution in [1.29, 1.82) is 0 Å². The zero-order valence-electron chi connectivity index (χ0n) is 19.1. The molecule has 2 aliphatic rings. The standard InChI is InChI=1S/C24H23N5O4S2/c1-14-17(8-9-24(32)12-33-13-24)35-23-19(14)34-11-16(22(31)29(23)2)25-21(30)20-26-18(27-28-20)10-15-6-4-3-5-7-15/h3-7,16,32H,10-13H2,1-2H3,(H,25,30)(H,26,27,28)/t16-/m0/s1. The summed E-state index contributed by atoms with van der Waals surface area (Å²) >= 11 is 2.90. The molecule has 1 atom stereocenters. The van der Waals surface area contributed by atoms with Crippen LogP contribution in [0.2, 0.25) is 0 Å². The second-order valence-corrected chi connectivity index (χ2v) is 10.5. The minimum absolute atomic E-state index is 0.0713. The van der Waals surface area contributed by atoms with Gasteiger partial charge in [-0.25, -0.2) is 0 Å². The topological polar surface area (TPSA) is 120 Å². The molecular formula is C24H23N5O4S2. The quantitative estimate of drug-likeness (QED) is 0.458. The molecule has 180 valence electrons. The fraction of sp³-hybridized carbons (Fsp3) is 0.333. The van der Waals surface area contributed by atoms with Gasteiger partial charge < -0.3 is 25.0 Å². The van der Waals surface area contributed by atoms with E-state index in [1.807, 2.05) is 37.3 Å². The smallest absolute Gasteiger partial charge is 0.289 e. The fourth-order valence-electron chi connectivity index (χ4n) is 3.70. The monoisotopic (exact) mass is 509 g/mol. The van der Waals surface area contributed by atoms with Gasteiger partial charge in [0.15, 0.2) is 5.60 Å². The zero-order valence-corrected chi connectivity index (χ0v) is 20.8. The summed E-state index contributed by atoms with van der Waals surface area (Å²) in [5.41, 5.74) is 0.909. The van der Waals surface area contributed by atoms with Gasteiger partial charge in [-0.05, 0) is 18.1 Å². The van der Waals surface area contributed by atoms with Crippen LogP contribution in [0.3, 0.4) is 0 Å². The van der Waals surface area contributed by atoms with Crippen LogP contribution in [0.5, 0.6) is 0 Å². The third-order valence-electron chi connectivity index (χ3n) is 5.76. The molecular weight excluding hydrogens is 486 g/mol. The SMILES string of the molecule is Cc1c(C#CC2(O)COC2)sc2c1SC[C@H](NC(=O)c1nnc(Cc3ccccc3)[nH]1)C(=O)N2C. The Kier molecular flexibility index (Phi) is 6.37. The Balaban J connectivity index is 1.27. The van der Waals surface area contributed by atoms with Crippen LogP contribution >= 0.6 is 23.1 Å². The Morgan fingerprint density at radius 3 is 2.83 bits per heavy atom. The maximum absolute atomic E-state index is 13.2. The molecule has 0 spiro atoms. The number of aromatic amines is 1. The highest BCUT2D eigenvalue weighted by Crippen LogP contribution is 2.44. The number of thioether (sulfide) groups is 1. The van der Waals surface area contributed by atoms with Gasteiger partial charge in [-0.15, -0.1) is 33.3 Å². The number of H-pyrrole nitrogens is 1. The van der Waals surface area contributed by atoms with Crippen molar-refractivity contribution in [3.8, 4) is 11.8 Å². The van der Waals surface area contributed by atoms with Gasteiger partial charge in [0.05, 0.1) is 18.1 Å². The number of hydrogen-bond acceptors (Lipinski definition) is 8. The van der Waals surface area contributed by atoms with E-state index in [-0.39, 0.29) is 24.9 Å². The number of ether oxygens (including phenoxy) is 1. The third-order valence-corrected chi connectivity index (χ3v) is 8.46. The first-order valence-corrected chi connectivity index (χ1v) is 12.8. The molecule has 0 bridgehead atoms. The van der Waals surface area contributed by atoms with Gasteiger partial charge in [-0.2, -0.15) is 0 Å². The molecule has 11 heteroatoms. The van der Waals surface area contributed by atoms with E-state index < -0.39 is 17.6 Å². The summed E-state index contributed by atoms with van der Waals surface area (Å²) in [6.07, 6.45) is 0.525. The number of benzene rings is 1. The van der Waals surface area contributed by atoms with E-state index in [2.05, 4.69) is 32.3 Å². The molecule has 3 N–H and O–H groups in total. The highest BCUT2D eigenvalue weighted by Gasteiger charge is 2.35. The molecule has 4 heterocycles. The second-order valence-electron chi connectivity index (χ2n) is 8.48. The van der Waals surface area contributed by atoms with Gasteiger partial charge in [0.25, 0.3) is 11.8 Å². The molecule has 2 aromatic heterocycles. The Morgan fingerprint density at radius 1 is 1.34 bits per heavy atom. The molecule has 0 saturated carbocycles. The summed E-state index contributed by atoms with van der Waals surface area (Å²) in [6, 6.07) is 9.04. The first-order chi connectivity index (χ1) is 16.8. The summed E-state index contributed by atoms with van der Waals surface area (Å²) in [5.74, 6) is 6.24. The summed E-state index contributed by atoms with van der Waals surface area (Å²) in [4.78, 5) is 32.3. The average Bonchev–Trinajstić information content (AvgIpc) is 3.40. The van der Waals surface area contributed by atoms with Crippen LogP contribution in [0.25, 0.3) is 0 Å². The van der Waals surface area contributed by atoms with Crippen LogP contribution in [-0.2, 0) is 16.0 Å². The highest BCUT2D eigenvalue weighted by atomic mass is 32.2. The maximum Gasteiger partial charge on any atom is 0.289 e. The molecule has 1 aromatic carbocycles. The number of carbonyl (C=O) groups is 2. The number of amides is 2. The van der Waals surface area contributed by atoms with Crippen molar-refractivity contribution in [2.45, 2.75) is 29.9 Å². The molecule has 9 nitrogen and oxygen atoms in total. The van der Waals surface area contributed by atoms with E-state index in [4.69, 9.17) is 4.74 Å². The van der Waals surface area contributed by atoms with Crippen molar-refractivity contribution in [3.05, 3.63) is 58.0 Å². The third kappa shape index (κ3) is 4.83. The Labute approximate surface area is 210 Å². The fourth-order valence-corrected chi connectivity index (χ4v) is 6.23. The normalized spacial score (nSPS) is 18.7. The average molecular weight is 510 g/mol. The van der Waals surface area contributed by atoms with Crippen LogP contribution in [0.15, 0.2) is 35.2 Å². The van der Waals surface area contributed by atoms with Gasteiger partial charge in [-0.1, -0.05) is 42.2 Å². The lowest BCUT2D eigenvalue weighted by molar-refractivity contribution is -0.140. The van der Waals surface area contributed by atoms with E-state index in [0.29, 0.717) is 18.0 Å². The van der Waals surface area contributed by atoms with Gasteiger partial charge >= 0.3 is 0 Å². The number of aromatic nitrogens is 3. The molecule has 0 aliphatic carbocycles. The van der Waals surface area contributed by atoms with E-state index in [1.54, 1.807) is 11.9 Å². The lowest BCUT2D eigenvalue weighted by atomic mass is 10.0. The molecule has 2 aliphatic heterocycles. The number of nitrogens with zero attached hydrogens (tertiary/aromatic N) is 3. The number of anilines is 1. The van der Waals surface area contributed by atoms with Crippen LogP contribution in [0, 0.1) is 18.8 Å². The van der Waals surface area contributed by atoms with Crippen molar-refractivity contribution in [1.82, 2.24) is 20.5 Å². The van der Waals surface area contributed by atoms with E-state index >= 15 is 0 Å². The number of carbonyl (C=O) groups excluding carboxylic acids is 2. The number of rotatable bonds is 4. The number of fused-ring (bicyclic) bond motifs is 1. The Hall–Kier alpha value is -3.17. The molecule has 1 saturated heterocycles. The molecule has 5 rings (SSSR count). The van der Waals surface area contributed by atoms with Gasteiger partial charge in [0, 0.05) is 24.1 Å². The van der Waals surface area contributed by atoms with E-state index in [1.165, 1.54) is 23.1 Å². The lowest BCUT2D eigenvalue weighted by Crippen LogP contribution is -2.48. The molecule has 2 amide bonds. The highest BCUT2D eigenvalue weighted by molar-refractivity contribution is 7.99. The molecule has 3 aromatic rings. The molecule has 0 unspecified atom stereocenters. The summed E-state index contributed by atoms with van der Waals surface area (Å²) in [7, 11) is 1.69. The maximum atomic E-state index is 13.2. The molecule has 0 radical (unpaired) electrons. The van der Waals surface area contributed by atoms with Crippen LogP contribution < -0.4 is 10.2 Å². The number of hydrogen-bond donors (Lipinski definition) is 3. The van der Waals surface area contributed by atoms with Crippen molar-refractivity contribution in [3.63, 3.8) is 0 Å². The summed E-state index contributed by atoms with van der Waals surface area (Å²) in [5, 5.41) is 21.8. The number of nitrogens with one attached hydrogen (secondary N) is 2. The van der Waals surface area contributed by atoms with Crippen molar-refractivity contribution >= 4 is 39.9 Å². The minimum atomic E-state index is -1.10. The van der Waals surface area contributed by atoms with Gasteiger partial charge in [0.1, 0.15) is 16.9 Å². The van der Waals surface area contributed by atoms with Gasteiger partial charge in [0.2, 0.25) is 5.82 Å². The van der Waals surface area contributed by atoms with Crippen LogP contribution in [-0.4, -0.2) is 69.8 Å². The first-order valence-electron chi connectivity index (χ1n) is 11.0. The predicted octanol–water partition coefficient (Wildman–Crippen LogP) is 1.75. The van der Waals surface area contributed by atoms with E-state index in [0.717, 1.165) is 25.9 Å². The van der Waals surface area contributed by atoms with Crippen molar-refractivity contribution in [2.24, 2.45) is 0 Å². The number of aliphatic hydroxyl groups is 1. The number of thiophene rings is 1. The van der Waals surface area contributed by atoms with Crippen LogP contribution in [0.4, 0.5) is 5.00 Å².